The molecule has 0 radical (unpaired) electrons. The number of fused-ring (bicyclic) bond motifs is 1. The lowest BCUT2D eigenvalue weighted by Gasteiger charge is -2.42. The van der Waals surface area contributed by atoms with Gasteiger partial charge >= 0.3 is 0 Å². The number of hydrogen-bond donors (Lipinski definition) is 0. The van der Waals surface area contributed by atoms with Crippen molar-refractivity contribution in [3.8, 4) is 11.8 Å². The molecule has 0 saturated carbocycles. The van der Waals surface area contributed by atoms with Crippen molar-refractivity contribution in [2.45, 2.75) is 18.9 Å². The van der Waals surface area contributed by atoms with E-state index in [2.05, 4.69) is 11.0 Å². The number of halogens is 1. The molecule has 1 saturated heterocycles. The van der Waals surface area contributed by atoms with E-state index in [0.717, 1.165) is 21.8 Å². The van der Waals surface area contributed by atoms with Gasteiger partial charge in [0.05, 0.1) is 29.2 Å². The molecule has 34 heavy (non-hydrogen) atoms. The Balaban J connectivity index is 1.33. The Kier molecular flexibility index (Phi) is 6.48. The molecule has 1 unspecified atom stereocenters. The number of ether oxygens (including phenoxy) is 1. The number of rotatable bonds is 5. The highest BCUT2D eigenvalue weighted by Crippen LogP contribution is 2.43. The Morgan fingerprint density at radius 1 is 1.03 bits per heavy atom. The zero-order valence-electron chi connectivity index (χ0n) is 18.4. The zero-order chi connectivity index (χ0) is 23.5. The molecule has 3 aromatic carbocycles. The summed E-state index contributed by atoms with van der Waals surface area (Å²) in [6.45, 7) is 0.829. The highest BCUT2D eigenvalue weighted by atomic mass is 35.5. The van der Waals surface area contributed by atoms with Crippen molar-refractivity contribution in [3.05, 3.63) is 106 Å². The number of thioether (sulfide) groups is 1. The monoisotopic (exact) mass is 487 g/mol. The van der Waals surface area contributed by atoms with Crippen molar-refractivity contribution in [1.29, 1.82) is 5.26 Å². The van der Waals surface area contributed by atoms with Crippen LogP contribution in [0.3, 0.4) is 0 Å². The van der Waals surface area contributed by atoms with Crippen LogP contribution in [0, 0.1) is 11.3 Å². The van der Waals surface area contributed by atoms with Gasteiger partial charge in [-0.05, 0) is 35.9 Å². The van der Waals surface area contributed by atoms with Gasteiger partial charge in [-0.1, -0.05) is 71.9 Å². The van der Waals surface area contributed by atoms with Crippen LogP contribution in [0.4, 0.5) is 5.69 Å². The van der Waals surface area contributed by atoms with Crippen LogP contribution >= 0.6 is 23.4 Å². The molecule has 1 atom stereocenters. The Bertz CT molecular complexity index is 1270. The molecule has 0 aromatic heterocycles. The van der Waals surface area contributed by atoms with E-state index in [4.69, 9.17) is 16.3 Å². The number of benzene rings is 3. The van der Waals surface area contributed by atoms with E-state index >= 15 is 0 Å². The van der Waals surface area contributed by atoms with E-state index in [1.54, 1.807) is 16.7 Å². The van der Waals surface area contributed by atoms with Crippen LogP contribution in [0.5, 0.6) is 5.75 Å². The maximum Gasteiger partial charge on any atom is 0.229 e. The molecule has 5 nitrogen and oxygen atoms in total. The fourth-order valence-corrected chi connectivity index (χ4v) is 5.58. The van der Waals surface area contributed by atoms with E-state index in [1.165, 1.54) is 0 Å². The SMILES string of the molecule is N#CC1=C2SCN(c3ccccc3)CN2C(=O)CC1c1ccc(OCc2ccccc2Cl)cc1. The third-order valence-electron chi connectivity index (χ3n) is 6.05. The predicted molar refractivity (Wildman–Crippen MR) is 135 cm³/mol. The van der Waals surface area contributed by atoms with Gasteiger partial charge in [0.15, 0.2) is 0 Å². The number of carbonyl (C=O) groups excluding carboxylic acids is 1. The Morgan fingerprint density at radius 2 is 1.76 bits per heavy atom. The average molecular weight is 488 g/mol. The highest BCUT2D eigenvalue weighted by Gasteiger charge is 2.38. The first-order valence-corrected chi connectivity index (χ1v) is 12.3. The fourth-order valence-electron chi connectivity index (χ4n) is 4.22. The topological polar surface area (TPSA) is 56.6 Å². The molecule has 7 heteroatoms. The minimum absolute atomic E-state index is 0.0335. The zero-order valence-corrected chi connectivity index (χ0v) is 19.9. The van der Waals surface area contributed by atoms with E-state index < -0.39 is 0 Å². The van der Waals surface area contributed by atoms with Crippen LogP contribution in [-0.2, 0) is 11.4 Å². The molecule has 5 rings (SSSR count). The first-order chi connectivity index (χ1) is 16.6. The Hall–Kier alpha value is -3.40. The standard InChI is InChI=1S/C27H22ClN3O2S/c28-25-9-5-4-6-20(25)16-33-22-12-10-19(11-13-22)23-14-26(32)31-17-30(21-7-2-1-3-8-21)18-34-27(31)24(23)15-29/h1-13,23H,14,16-18H2. The second-order valence-electron chi connectivity index (χ2n) is 8.15. The van der Waals surface area contributed by atoms with Crippen LogP contribution in [0.15, 0.2) is 89.5 Å². The van der Waals surface area contributed by atoms with Gasteiger partial charge in [-0.2, -0.15) is 5.26 Å². The van der Waals surface area contributed by atoms with E-state index in [0.29, 0.717) is 35.5 Å². The molecule has 170 valence electrons. The minimum atomic E-state index is -0.253. The van der Waals surface area contributed by atoms with Crippen molar-refractivity contribution >= 4 is 35.0 Å². The number of carbonyl (C=O) groups is 1. The summed E-state index contributed by atoms with van der Waals surface area (Å²) in [5.74, 6) is 1.18. The quantitative estimate of drug-likeness (QED) is 0.432. The van der Waals surface area contributed by atoms with Gasteiger partial charge in [-0.3, -0.25) is 9.69 Å². The largest absolute Gasteiger partial charge is 0.489 e. The number of para-hydroxylation sites is 1. The summed E-state index contributed by atoms with van der Waals surface area (Å²) in [5, 5.41) is 11.5. The smallest absolute Gasteiger partial charge is 0.229 e. The van der Waals surface area contributed by atoms with Gasteiger partial charge in [0, 0.05) is 28.6 Å². The number of nitriles is 1. The minimum Gasteiger partial charge on any atom is -0.489 e. The Labute approximate surface area is 208 Å². The molecule has 0 spiro atoms. The summed E-state index contributed by atoms with van der Waals surface area (Å²) >= 11 is 7.75. The van der Waals surface area contributed by atoms with Crippen LogP contribution in [0.1, 0.15) is 23.5 Å². The van der Waals surface area contributed by atoms with Gasteiger partial charge in [0.2, 0.25) is 5.91 Å². The molecular weight excluding hydrogens is 466 g/mol. The summed E-state index contributed by atoms with van der Waals surface area (Å²) in [7, 11) is 0. The van der Waals surface area contributed by atoms with Crippen LogP contribution < -0.4 is 9.64 Å². The fraction of sp³-hybridized carbons (Fsp3) is 0.185. The van der Waals surface area contributed by atoms with Crippen LogP contribution in [0.25, 0.3) is 0 Å². The molecule has 1 amide bonds. The first-order valence-electron chi connectivity index (χ1n) is 11.0. The van der Waals surface area contributed by atoms with E-state index in [1.807, 2.05) is 78.9 Å². The third kappa shape index (κ3) is 4.50. The summed E-state index contributed by atoms with van der Waals surface area (Å²) in [6.07, 6.45) is 0.273. The summed E-state index contributed by atoms with van der Waals surface area (Å²) in [6, 6.07) is 27.7. The molecule has 1 fully saturated rings. The van der Waals surface area contributed by atoms with Crippen molar-refractivity contribution in [3.63, 3.8) is 0 Å². The van der Waals surface area contributed by atoms with Crippen molar-refractivity contribution in [2.24, 2.45) is 0 Å². The lowest BCUT2D eigenvalue weighted by Crippen LogP contribution is -2.47. The van der Waals surface area contributed by atoms with Gasteiger partial charge in [0.25, 0.3) is 0 Å². The third-order valence-corrected chi connectivity index (χ3v) is 7.57. The lowest BCUT2D eigenvalue weighted by molar-refractivity contribution is -0.129. The second-order valence-corrected chi connectivity index (χ2v) is 9.49. The van der Waals surface area contributed by atoms with Crippen LogP contribution in [-0.4, -0.2) is 23.4 Å². The van der Waals surface area contributed by atoms with Crippen molar-refractivity contribution in [2.75, 3.05) is 17.4 Å². The average Bonchev–Trinajstić information content (AvgIpc) is 2.89. The summed E-state index contributed by atoms with van der Waals surface area (Å²) < 4.78 is 5.88. The lowest BCUT2D eigenvalue weighted by atomic mass is 9.86. The maximum absolute atomic E-state index is 13.1. The first kappa shape index (κ1) is 22.4. The molecule has 0 aliphatic carbocycles. The Morgan fingerprint density at radius 3 is 2.50 bits per heavy atom. The summed E-state index contributed by atoms with van der Waals surface area (Å²) in [5.41, 5.74) is 3.58. The maximum atomic E-state index is 13.1. The molecule has 0 N–H and O–H groups in total. The molecule has 2 heterocycles. The van der Waals surface area contributed by atoms with Gasteiger partial charge < -0.3 is 9.64 Å². The normalized spacial score (nSPS) is 17.9. The number of allylic oxidation sites excluding steroid dienone is 1. The van der Waals surface area contributed by atoms with E-state index in [-0.39, 0.29) is 18.2 Å². The number of anilines is 1. The van der Waals surface area contributed by atoms with E-state index in [9.17, 15) is 10.1 Å². The number of hydrogen-bond acceptors (Lipinski definition) is 5. The van der Waals surface area contributed by atoms with Crippen LogP contribution in [0.2, 0.25) is 5.02 Å². The molecular formula is C27H22ClN3O2S. The number of nitrogens with zero attached hydrogens (tertiary/aromatic N) is 3. The summed E-state index contributed by atoms with van der Waals surface area (Å²) in [4.78, 5) is 17.0. The van der Waals surface area contributed by atoms with Gasteiger partial charge in [0.1, 0.15) is 12.4 Å². The van der Waals surface area contributed by atoms with Crippen molar-refractivity contribution in [1.82, 2.24) is 4.90 Å². The molecule has 2 aliphatic heterocycles. The van der Waals surface area contributed by atoms with Gasteiger partial charge in [-0.25, -0.2) is 0 Å². The molecule has 0 bridgehead atoms. The van der Waals surface area contributed by atoms with Gasteiger partial charge in [-0.15, -0.1) is 0 Å². The molecule has 2 aliphatic rings. The number of amides is 1. The molecule has 3 aromatic rings. The highest BCUT2D eigenvalue weighted by molar-refractivity contribution is 8.03. The van der Waals surface area contributed by atoms with Crippen molar-refractivity contribution < 1.29 is 9.53 Å². The second kappa shape index (κ2) is 9.84. The predicted octanol–water partition coefficient (Wildman–Crippen LogP) is 6.14.